The molecule has 2 bridgehead atoms. The second kappa shape index (κ2) is 8.13. The Morgan fingerprint density at radius 3 is 2.37 bits per heavy atom. The van der Waals surface area contributed by atoms with Crippen molar-refractivity contribution in [2.75, 3.05) is 30.0 Å². The van der Waals surface area contributed by atoms with Crippen LogP contribution in [-0.4, -0.2) is 65.2 Å². The molecule has 4 saturated carbocycles. The highest BCUT2D eigenvalue weighted by Gasteiger charge is 2.67. The molecule has 4 aliphatic carbocycles. The van der Waals surface area contributed by atoms with Gasteiger partial charge < -0.3 is 20.7 Å². The number of fused-ring (bicyclic) bond motifs is 1. The van der Waals surface area contributed by atoms with E-state index in [2.05, 4.69) is 20.9 Å². The maximum Gasteiger partial charge on any atom is 0.244 e. The van der Waals surface area contributed by atoms with Crippen LogP contribution in [0.5, 0.6) is 0 Å². The zero-order chi connectivity index (χ0) is 23.6. The summed E-state index contributed by atoms with van der Waals surface area (Å²) in [7, 11) is 0. The number of ether oxygens (including phenoxy) is 1. The van der Waals surface area contributed by atoms with E-state index < -0.39 is 5.41 Å². The van der Waals surface area contributed by atoms with Crippen molar-refractivity contribution in [3.8, 4) is 0 Å². The lowest BCUT2D eigenvalue weighted by Crippen LogP contribution is -2.73. The van der Waals surface area contributed by atoms with Gasteiger partial charge in [0.05, 0.1) is 5.54 Å². The highest BCUT2D eigenvalue weighted by molar-refractivity contribution is 6.15. The molecule has 8 rings (SSSR count). The number of nitrogens with zero attached hydrogens (tertiary/aromatic N) is 3. The Labute approximate surface area is 206 Å². The minimum Gasteiger partial charge on any atom is -0.381 e. The smallest absolute Gasteiger partial charge is 0.244 e. The van der Waals surface area contributed by atoms with Crippen LogP contribution in [0.3, 0.4) is 0 Å². The predicted octanol–water partition coefficient (Wildman–Crippen LogP) is 1.92. The summed E-state index contributed by atoms with van der Waals surface area (Å²) in [5.74, 6) is 1.91. The molecule has 1 spiro atoms. The van der Waals surface area contributed by atoms with E-state index in [9.17, 15) is 9.59 Å². The van der Waals surface area contributed by atoms with Gasteiger partial charge in [-0.2, -0.15) is 4.98 Å². The van der Waals surface area contributed by atoms with E-state index in [0.29, 0.717) is 43.5 Å². The number of aromatic nitrogens is 2. The molecular formula is C26H36N6O3. The minimum atomic E-state index is -0.976. The van der Waals surface area contributed by atoms with E-state index >= 15 is 0 Å². The Kier molecular flexibility index (Phi) is 5.10. The van der Waals surface area contributed by atoms with E-state index in [1.54, 1.807) is 0 Å². The van der Waals surface area contributed by atoms with Crippen LogP contribution in [0.25, 0.3) is 0 Å². The number of nitrogens with one attached hydrogen (secondary N) is 3. The highest BCUT2D eigenvalue weighted by atomic mass is 16.5. The second-order valence-corrected chi connectivity index (χ2v) is 11.9. The van der Waals surface area contributed by atoms with Crippen molar-refractivity contribution in [1.82, 2.24) is 20.6 Å². The summed E-state index contributed by atoms with van der Waals surface area (Å²) in [6.07, 6.45) is 12.6. The molecule has 3 N–H and O–H groups in total. The summed E-state index contributed by atoms with van der Waals surface area (Å²) in [6.45, 7) is 2.31. The number of rotatable bonds is 5. The van der Waals surface area contributed by atoms with Crippen molar-refractivity contribution in [3.63, 3.8) is 0 Å². The van der Waals surface area contributed by atoms with Gasteiger partial charge in [-0.15, -0.1) is 0 Å². The summed E-state index contributed by atoms with van der Waals surface area (Å²) in [5, 5.41) is 10.3. The fourth-order valence-electron chi connectivity index (χ4n) is 7.47. The Morgan fingerprint density at radius 2 is 1.71 bits per heavy atom. The van der Waals surface area contributed by atoms with Crippen molar-refractivity contribution in [1.29, 1.82) is 0 Å². The largest absolute Gasteiger partial charge is 0.381 e. The van der Waals surface area contributed by atoms with Gasteiger partial charge in [0, 0.05) is 56.1 Å². The zero-order valence-corrected chi connectivity index (χ0v) is 20.4. The molecule has 0 radical (unpaired) electrons. The number of anilines is 2. The van der Waals surface area contributed by atoms with Crippen molar-refractivity contribution >= 4 is 23.6 Å². The Balaban J connectivity index is 1.07. The lowest BCUT2D eigenvalue weighted by molar-refractivity contribution is -0.144. The summed E-state index contributed by atoms with van der Waals surface area (Å²) >= 11 is 0. The van der Waals surface area contributed by atoms with Gasteiger partial charge in [0.25, 0.3) is 0 Å². The number of amides is 2. The molecule has 1 aromatic rings. The minimum absolute atomic E-state index is 0.0394. The van der Waals surface area contributed by atoms with Gasteiger partial charge in [0.1, 0.15) is 11.2 Å². The van der Waals surface area contributed by atoms with E-state index in [0.717, 1.165) is 88.3 Å². The first kappa shape index (κ1) is 22.0. The molecule has 188 valence electrons. The third-order valence-corrected chi connectivity index (χ3v) is 9.66. The van der Waals surface area contributed by atoms with Gasteiger partial charge in [0.15, 0.2) is 0 Å². The average Bonchev–Trinajstić information content (AvgIpc) is 3.18. The van der Waals surface area contributed by atoms with Crippen molar-refractivity contribution < 1.29 is 14.3 Å². The summed E-state index contributed by atoms with van der Waals surface area (Å²) in [5.41, 5.74) is -0.177. The molecule has 9 nitrogen and oxygen atoms in total. The Morgan fingerprint density at radius 1 is 1.00 bits per heavy atom. The van der Waals surface area contributed by atoms with Crippen LogP contribution in [0.4, 0.5) is 11.8 Å². The standard InChI is InChI=1S/C26H36N6O3/c33-22-26(7-8-27-22)14-17-15-28-24(31-21(17)32(23(26)34)25-11-16(12-25)13-25)30-19-3-1-18(2-4-19)29-20-5-9-35-10-6-20/h15-16,18-20,29H,1-14H2,(H,27,33)(H,28,30,31)/t16?,18-,19-,25?,26-/m1/s1. The van der Waals surface area contributed by atoms with Gasteiger partial charge >= 0.3 is 0 Å². The number of carbonyl (C=O) groups excluding carboxylic acids is 2. The fourth-order valence-corrected chi connectivity index (χ4v) is 7.47. The summed E-state index contributed by atoms with van der Waals surface area (Å²) < 4.78 is 5.48. The number of hydrogen-bond donors (Lipinski definition) is 3. The molecular weight excluding hydrogens is 444 g/mol. The molecule has 7 aliphatic rings. The highest BCUT2D eigenvalue weighted by Crippen LogP contribution is 2.63. The lowest BCUT2D eigenvalue weighted by atomic mass is 9.48. The van der Waals surface area contributed by atoms with Gasteiger partial charge in [-0.25, -0.2) is 4.98 Å². The third kappa shape index (κ3) is 3.49. The SMILES string of the molecule is O=C1NCC[C@@]12Cc1cnc(N[C@H]3CC[C@H](NC4CCOCC4)CC3)nc1N(C13CC(C1)C3)C2=O. The maximum atomic E-state index is 13.9. The van der Waals surface area contributed by atoms with Crippen LogP contribution in [0.1, 0.15) is 69.8 Å². The lowest BCUT2D eigenvalue weighted by Gasteiger charge is -2.67. The normalized spacial score (nSPS) is 38.5. The molecule has 0 unspecified atom stereocenters. The van der Waals surface area contributed by atoms with Crippen molar-refractivity contribution in [2.45, 2.75) is 94.3 Å². The Bertz CT molecular complexity index is 1020. The molecule has 1 aromatic heterocycles. The zero-order valence-electron chi connectivity index (χ0n) is 20.4. The molecule has 1 atom stereocenters. The average molecular weight is 481 g/mol. The molecule has 9 heteroatoms. The second-order valence-electron chi connectivity index (χ2n) is 11.9. The summed E-state index contributed by atoms with van der Waals surface area (Å²) in [4.78, 5) is 38.2. The van der Waals surface area contributed by atoms with Gasteiger partial charge in [-0.05, 0) is 70.1 Å². The van der Waals surface area contributed by atoms with Crippen LogP contribution >= 0.6 is 0 Å². The Hall–Kier alpha value is -2.26. The quantitative estimate of drug-likeness (QED) is 0.553. The molecule has 35 heavy (non-hydrogen) atoms. The van der Waals surface area contributed by atoms with Crippen molar-refractivity contribution in [2.24, 2.45) is 11.3 Å². The summed E-state index contributed by atoms with van der Waals surface area (Å²) in [6, 6.07) is 1.51. The van der Waals surface area contributed by atoms with E-state index in [-0.39, 0.29) is 17.4 Å². The van der Waals surface area contributed by atoms with Crippen LogP contribution in [0.15, 0.2) is 6.20 Å². The van der Waals surface area contributed by atoms with Crippen LogP contribution in [0, 0.1) is 11.3 Å². The van der Waals surface area contributed by atoms with Gasteiger partial charge in [-0.3, -0.25) is 14.5 Å². The van der Waals surface area contributed by atoms with Gasteiger partial charge in [0.2, 0.25) is 17.8 Å². The van der Waals surface area contributed by atoms with E-state index in [1.165, 1.54) is 0 Å². The van der Waals surface area contributed by atoms with E-state index in [1.807, 2.05) is 11.1 Å². The molecule has 2 amide bonds. The van der Waals surface area contributed by atoms with Crippen LogP contribution in [-0.2, 0) is 20.7 Å². The molecule has 4 heterocycles. The number of hydrogen-bond acceptors (Lipinski definition) is 7. The molecule has 2 saturated heterocycles. The van der Waals surface area contributed by atoms with Crippen LogP contribution in [0.2, 0.25) is 0 Å². The van der Waals surface area contributed by atoms with Crippen LogP contribution < -0.4 is 20.9 Å². The van der Waals surface area contributed by atoms with Gasteiger partial charge in [-0.1, -0.05) is 0 Å². The topological polar surface area (TPSA) is 108 Å². The first-order valence-electron chi connectivity index (χ1n) is 13.6. The maximum absolute atomic E-state index is 13.9. The van der Waals surface area contributed by atoms with E-state index in [4.69, 9.17) is 9.72 Å². The van der Waals surface area contributed by atoms with Crippen molar-refractivity contribution in [3.05, 3.63) is 11.8 Å². The first-order chi connectivity index (χ1) is 17.0. The molecule has 3 aliphatic heterocycles. The molecule has 0 aromatic carbocycles. The monoisotopic (exact) mass is 480 g/mol. The third-order valence-electron chi connectivity index (χ3n) is 9.66. The first-order valence-corrected chi connectivity index (χ1v) is 13.6. The predicted molar refractivity (Wildman–Crippen MR) is 130 cm³/mol. The molecule has 6 fully saturated rings. The fraction of sp³-hybridized carbons (Fsp3) is 0.769. The number of carbonyl (C=O) groups is 2.